The Bertz CT molecular complexity index is 961. The zero-order chi connectivity index (χ0) is 18.5. The van der Waals surface area contributed by atoms with E-state index in [1.165, 1.54) is 18.2 Å². The summed E-state index contributed by atoms with van der Waals surface area (Å²) in [5.41, 5.74) is 5.87. The number of nitrogens with zero attached hydrogens (tertiary/aromatic N) is 1. The lowest BCUT2D eigenvalue weighted by Crippen LogP contribution is -2.44. The van der Waals surface area contributed by atoms with Crippen molar-refractivity contribution in [3.8, 4) is 5.75 Å². The van der Waals surface area contributed by atoms with Crippen molar-refractivity contribution in [2.24, 2.45) is 0 Å². The Morgan fingerprint density at radius 2 is 1.85 bits per heavy atom. The van der Waals surface area contributed by atoms with Gasteiger partial charge in [0, 0.05) is 5.39 Å². The summed E-state index contributed by atoms with van der Waals surface area (Å²) in [6.45, 7) is 1.42. The van der Waals surface area contributed by atoms with Crippen LogP contribution in [-0.4, -0.2) is 23.4 Å². The van der Waals surface area contributed by atoms with Gasteiger partial charge in [0.25, 0.3) is 11.8 Å². The van der Waals surface area contributed by atoms with Gasteiger partial charge in [-0.3, -0.25) is 25.4 Å². The van der Waals surface area contributed by atoms with Gasteiger partial charge in [-0.1, -0.05) is 18.2 Å². The van der Waals surface area contributed by atoms with Crippen LogP contribution in [0, 0.1) is 12.7 Å². The number of carbonyl (C=O) groups excluding carboxylic acids is 2. The summed E-state index contributed by atoms with van der Waals surface area (Å²) in [5, 5.41) is 0.500. The molecular formula is C19H16FN3O3. The summed E-state index contributed by atoms with van der Waals surface area (Å²) in [6, 6.07) is 14.5. The third-order valence-electron chi connectivity index (χ3n) is 3.64. The van der Waals surface area contributed by atoms with Crippen molar-refractivity contribution in [3.05, 3.63) is 71.7 Å². The number of nitrogens with one attached hydrogen (secondary N) is 2. The van der Waals surface area contributed by atoms with Crippen LogP contribution in [0.15, 0.2) is 54.6 Å². The van der Waals surface area contributed by atoms with E-state index in [0.29, 0.717) is 22.3 Å². The minimum Gasteiger partial charge on any atom is -0.484 e. The topological polar surface area (TPSA) is 80.3 Å². The summed E-state index contributed by atoms with van der Waals surface area (Å²) in [7, 11) is 0. The molecule has 0 radical (unpaired) electrons. The summed E-state index contributed by atoms with van der Waals surface area (Å²) in [5.74, 6) is -0.930. The van der Waals surface area contributed by atoms with E-state index in [4.69, 9.17) is 4.74 Å². The fraction of sp³-hybridized carbons (Fsp3) is 0.105. The number of halogens is 1. The van der Waals surface area contributed by atoms with Crippen LogP contribution in [0.3, 0.4) is 0 Å². The molecule has 0 aliphatic rings. The van der Waals surface area contributed by atoms with Crippen LogP contribution in [0.2, 0.25) is 0 Å². The lowest BCUT2D eigenvalue weighted by Gasteiger charge is -2.10. The zero-order valence-electron chi connectivity index (χ0n) is 14.0. The van der Waals surface area contributed by atoms with E-state index in [1.807, 2.05) is 6.07 Å². The van der Waals surface area contributed by atoms with Gasteiger partial charge >= 0.3 is 0 Å². The Hall–Kier alpha value is -3.48. The Labute approximate surface area is 149 Å². The average molecular weight is 353 g/mol. The van der Waals surface area contributed by atoms with Gasteiger partial charge in [-0.15, -0.1) is 0 Å². The number of hydrazine groups is 1. The second-order valence-corrected chi connectivity index (χ2v) is 5.56. The van der Waals surface area contributed by atoms with Gasteiger partial charge in [0.05, 0.1) is 16.8 Å². The van der Waals surface area contributed by atoms with E-state index in [1.54, 1.807) is 37.3 Å². The molecule has 0 aliphatic heterocycles. The molecule has 0 bridgehead atoms. The van der Waals surface area contributed by atoms with Crippen molar-refractivity contribution in [2.75, 3.05) is 6.61 Å². The van der Waals surface area contributed by atoms with E-state index in [9.17, 15) is 14.0 Å². The number of pyridine rings is 1. The van der Waals surface area contributed by atoms with Crippen LogP contribution in [0.4, 0.5) is 4.39 Å². The van der Waals surface area contributed by atoms with Gasteiger partial charge in [-0.25, -0.2) is 4.39 Å². The van der Waals surface area contributed by atoms with Crippen molar-refractivity contribution < 1.29 is 18.7 Å². The highest BCUT2D eigenvalue weighted by Crippen LogP contribution is 2.17. The summed E-state index contributed by atoms with van der Waals surface area (Å²) in [6.07, 6.45) is 0. The first kappa shape index (κ1) is 17.3. The van der Waals surface area contributed by atoms with Crippen LogP contribution < -0.4 is 15.6 Å². The number of aromatic nitrogens is 1. The molecule has 132 valence electrons. The third-order valence-corrected chi connectivity index (χ3v) is 3.64. The van der Waals surface area contributed by atoms with Crippen molar-refractivity contribution in [1.29, 1.82) is 0 Å². The quantitative estimate of drug-likeness (QED) is 0.707. The number of amides is 2. The number of para-hydroxylation sites is 1. The van der Waals surface area contributed by atoms with Gasteiger partial charge in [0.2, 0.25) is 0 Å². The van der Waals surface area contributed by atoms with Crippen molar-refractivity contribution >= 4 is 22.7 Å². The van der Waals surface area contributed by atoms with Crippen LogP contribution in [-0.2, 0) is 4.79 Å². The highest BCUT2D eigenvalue weighted by atomic mass is 19.1. The molecule has 1 heterocycles. The predicted molar refractivity (Wildman–Crippen MR) is 94.0 cm³/mol. The lowest BCUT2D eigenvalue weighted by atomic mass is 10.1. The average Bonchev–Trinajstić information content (AvgIpc) is 2.65. The highest BCUT2D eigenvalue weighted by Gasteiger charge is 2.13. The van der Waals surface area contributed by atoms with Gasteiger partial charge in [0.15, 0.2) is 6.61 Å². The van der Waals surface area contributed by atoms with Gasteiger partial charge in [-0.05, 0) is 43.3 Å². The standard InChI is InChI=1S/C19H16FN3O3/c1-12-16(10-13-9-14(20)7-8-17(13)21-12)19(25)23-22-18(24)11-26-15-5-3-2-4-6-15/h2-10H,11H2,1H3,(H,22,24)(H,23,25). The lowest BCUT2D eigenvalue weighted by molar-refractivity contribution is -0.123. The van der Waals surface area contributed by atoms with E-state index in [-0.39, 0.29) is 12.2 Å². The van der Waals surface area contributed by atoms with E-state index >= 15 is 0 Å². The molecular weight excluding hydrogens is 337 g/mol. The second kappa shape index (κ2) is 7.60. The number of ether oxygens (including phenoxy) is 1. The molecule has 0 spiro atoms. The molecule has 1 aromatic heterocycles. The largest absolute Gasteiger partial charge is 0.484 e. The van der Waals surface area contributed by atoms with Gasteiger partial charge in [0.1, 0.15) is 11.6 Å². The van der Waals surface area contributed by atoms with E-state index in [2.05, 4.69) is 15.8 Å². The number of hydrogen-bond acceptors (Lipinski definition) is 4. The predicted octanol–water partition coefficient (Wildman–Crippen LogP) is 2.52. The highest BCUT2D eigenvalue weighted by molar-refractivity contribution is 5.99. The fourth-order valence-corrected chi connectivity index (χ4v) is 2.37. The molecule has 26 heavy (non-hydrogen) atoms. The molecule has 6 nitrogen and oxygen atoms in total. The Morgan fingerprint density at radius 3 is 2.62 bits per heavy atom. The van der Waals surface area contributed by atoms with Gasteiger partial charge < -0.3 is 4.74 Å². The van der Waals surface area contributed by atoms with E-state index < -0.39 is 17.6 Å². The van der Waals surface area contributed by atoms with Crippen molar-refractivity contribution in [1.82, 2.24) is 15.8 Å². The van der Waals surface area contributed by atoms with Gasteiger partial charge in [-0.2, -0.15) is 0 Å². The Balaban J connectivity index is 1.61. The first-order chi connectivity index (χ1) is 12.5. The molecule has 0 saturated heterocycles. The number of rotatable bonds is 4. The minimum atomic E-state index is -0.547. The molecule has 7 heteroatoms. The number of hydrogen-bond donors (Lipinski definition) is 2. The Kier molecular flexibility index (Phi) is 5.07. The number of aryl methyl sites for hydroxylation is 1. The van der Waals surface area contributed by atoms with Crippen LogP contribution in [0.25, 0.3) is 10.9 Å². The molecule has 3 aromatic rings. The normalized spacial score (nSPS) is 10.4. The molecule has 3 rings (SSSR count). The second-order valence-electron chi connectivity index (χ2n) is 5.56. The monoisotopic (exact) mass is 353 g/mol. The Morgan fingerprint density at radius 1 is 1.08 bits per heavy atom. The van der Waals surface area contributed by atoms with Crippen LogP contribution in [0.5, 0.6) is 5.75 Å². The molecule has 2 aromatic carbocycles. The SMILES string of the molecule is Cc1nc2ccc(F)cc2cc1C(=O)NNC(=O)COc1ccccc1. The maximum atomic E-state index is 13.3. The van der Waals surface area contributed by atoms with Crippen molar-refractivity contribution in [3.63, 3.8) is 0 Å². The maximum Gasteiger partial charge on any atom is 0.276 e. The van der Waals surface area contributed by atoms with Crippen LogP contribution >= 0.6 is 0 Å². The number of fused-ring (bicyclic) bond motifs is 1. The molecule has 0 aliphatic carbocycles. The number of benzene rings is 2. The minimum absolute atomic E-state index is 0.243. The first-order valence-electron chi connectivity index (χ1n) is 7.87. The summed E-state index contributed by atoms with van der Waals surface area (Å²) >= 11 is 0. The summed E-state index contributed by atoms with van der Waals surface area (Å²) in [4.78, 5) is 28.3. The third kappa shape index (κ3) is 4.13. The molecule has 0 fully saturated rings. The smallest absolute Gasteiger partial charge is 0.276 e. The van der Waals surface area contributed by atoms with Crippen LogP contribution in [0.1, 0.15) is 16.1 Å². The van der Waals surface area contributed by atoms with E-state index in [0.717, 1.165) is 0 Å². The number of carbonyl (C=O) groups is 2. The summed E-state index contributed by atoms with van der Waals surface area (Å²) < 4.78 is 18.6. The molecule has 0 saturated carbocycles. The maximum absolute atomic E-state index is 13.3. The molecule has 0 atom stereocenters. The van der Waals surface area contributed by atoms with Crippen molar-refractivity contribution in [2.45, 2.75) is 6.92 Å². The molecule has 2 N–H and O–H groups in total. The fourth-order valence-electron chi connectivity index (χ4n) is 2.37. The zero-order valence-corrected chi connectivity index (χ0v) is 14.0. The molecule has 2 amide bonds. The molecule has 0 unspecified atom stereocenters. The first-order valence-corrected chi connectivity index (χ1v) is 7.87.